The van der Waals surface area contributed by atoms with Gasteiger partial charge in [-0.15, -0.1) is 0 Å². The maximum absolute atomic E-state index is 5.17. The van der Waals surface area contributed by atoms with E-state index in [9.17, 15) is 0 Å². The molecule has 0 spiro atoms. The van der Waals surface area contributed by atoms with Gasteiger partial charge in [0.05, 0.1) is 22.6 Å². The van der Waals surface area contributed by atoms with E-state index in [2.05, 4.69) is 131 Å². The molecule has 0 atom stereocenters. The second-order valence-corrected chi connectivity index (χ2v) is 11.3. The summed E-state index contributed by atoms with van der Waals surface area (Å²) in [7, 11) is 0. The highest BCUT2D eigenvalue weighted by molar-refractivity contribution is 6.13. The molecule has 0 radical (unpaired) electrons. The SMILES string of the molecule is c1ccc(-c2cc(-c3c4ccccc4cc4ccccc34)cc(-c3ccc(-n4c5ccccc5c5cccnc54)cc3)n2)nc1. The van der Waals surface area contributed by atoms with Crippen LogP contribution in [0.15, 0.2) is 158 Å². The van der Waals surface area contributed by atoms with Crippen LogP contribution in [0.2, 0.25) is 0 Å². The van der Waals surface area contributed by atoms with E-state index < -0.39 is 0 Å². The van der Waals surface area contributed by atoms with Crippen LogP contribution in [0.25, 0.3) is 82.9 Å². The van der Waals surface area contributed by atoms with E-state index in [1.165, 1.54) is 32.5 Å². The van der Waals surface area contributed by atoms with Gasteiger partial charge in [0, 0.05) is 34.4 Å². The number of para-hydroxylation sites is 1. The van der Waals surface area contributed by atoms with Crippen LogP contribution in [0.3, 0.4) is 0 Å². The molecule has 0 amide bonds. The van der Waals surface area contributed by atoms with Crippen molar-refractivity contribution in [3.8, 4) is 39.5 Å². The minimum absolute atomic E-state index is 0.843. The van der Waals surface area contributed by atoms with Gasteiger partial charge in [-0.3, -0.25) is 9.55 Å². The molecule has 9 aromatic rings. The molecule has 0 bridgehead atoms. The molecule has 9 rings (SSSR count). The minimum atomic E-state index is 0.843. The third-order valence-corrected chi connectivity index (χ3v) is 8.67. The van der Waals surface area contributed by atoms with Crippen molar-refractivity contribution in [1.82, 2.24) is 19.5 Å². The highest BCUT2D eigenvalue weighted by atomic mass is 15.0. The molecular weight excluding hydrogens is 548 g/mol. The van der Waals surface area contributed by atoms with Crippen LogP contribution in [-0.2, 0) is 0 Å². The predicted molar refractivity (Wildman–Crippen MR) is 185 cm³/mol. The first-order valence-corrected chi connectivity index (χ1v) is 15.1. The average Bonchev–Trinajstić information content (AvgIpc) is 3.45. The van der Waals surface area contributed by atoms with Crippen LogP contribution in [0.4, 0.5) is 0 Å². The van der Waals surface area contributed by atoms with Gasteiger partial charge >= 0.3 is 0 Å². The smallest absolute Gasteiger partial charge is 0.145 e. The average molecular weight is 575 g/mol. The highest BCUT2D eigenvalue weighted by Crippen LogP contribution is 2.39. The van der Waals surface area contributed by atoms with Crippen LogP contribution in [0.1, 0.15) is 0 Å². The molecule has 45 heavy (non-hydrogen) atoms. The molecule has 0 unspecified atom stereocenters. The molecule has 4 aromatic heterocycles. The quantitative estimate of drug-likeness (QED) is 0.196. The third kappa shape index (κ3) is 4.19. The van der Waals surface area contributed by atoms with Gasteiger partial charge in [-0.1, -0.05) is 84.9 Å². The summed E-state index contributed by atoms with van der Waals surface area (Å²) in [5, 5.41) is 7.21. The van der Waals surface area contributed by atoms with Gasteiger partial charge in [0.15, 0.2) is 0 Å². The van der Waals surface area contributed by atoms with Gasteiger partial charge < -0.3 is 0 Å². The predicted octanol–water partition coefficient (Wildman–Crippen LogP) is 10.3. The third-order valence-electron chi connectivity index (χ3n) is 8.67. The summed E-state index contributed by atoms with van der Waals surface area (Å²) in [4.78, 5) is 14.6. The normalized spacial score (nSPS) is 11.6. The van der Waals surface area contributed by atoms with E-state index in [4.69, 9.17) is 9.97 Å². The van der Waals surface area contributed by atoms with E-state index in [0.717, 1.165) is 50.4 Å². The Morgan fingerprint density at radius 1 is 0.422 bits per heavy atom. The van der Waals surface area contributed by atoms with Gasteiger partial charge in [0.2, 0.25) is 0 Å². The fraction of sp³-hybridized carbons (Fsp3) is 0. The van der Waals surface area contributed by atoms with E-state index in [1.54, 1.807) is 0 Å². The molecule has 4 heteroatoms. The van der Waals surface area contributed by atoms with E-state index in [-0.39, 0.29) is 0 Å². The molecule has 0 N–H and O–H groups in total. The van der Waals surface area contributed by atoms with E-state index in [0.29, 0.717) is 0 Å². The topological polar surface area (TPSA) is 43.6 Å². The monoisotopic (exact) mass is 574 g/mol. The fourth-order valence-electron chi connectivity index (χ4n) is 6.63. The fourth-order valence-corrected chi connectivity index (χ4v) is 6.63. The van der Waals surface area contributed by atoms with Crippen molar-refractivity contribution < 1.29 is 0 Å². The van der Waals surface area contributed by atoms with Crippen LogP contribution in [-0.4, -0.2) is 19.5 Å². The number of benzene rings is 5. The zero-order chi connectivity index (χ0) is 29.7. The van der Waals surface area contributed by atoms with Gasteiger partial charge in [0.1, 0.15) is 5.65 Å². The zero-order valence-corrected chi connectivity index (χ0v) is 24.3. The Balaban J connectivity index is 1.25. The Labute approximate surface area is 259 Å². The molecule has 0 aliphatic heterocycles. The van der Waals surface area contributed by atoms with Crippen LogP contribution in [0.5, 0.6) is 0 Å². The summed E-state index contributed by atoms with van der Waals surface area (Å²) in [6.07, 6.45) is 3.68. The first-order chi connectivity index (χ1) is 22.3. The van der Waals surface area contributed by atoms with Gasteiger partial charge in [-0.2, -0.15) is 0 Å². The van der Waals surface area contributed by atoms with Crippen LogP contribution in [0, 0.1) is 0 Å². The summed E-state index contributed by atoms with van der Waals surface area (Å²) in [6, 6.07) is 51.2. The summed E-state index contributed by atoms with van der Waals surface area (Å²) in [5.41, 5.74) is 9.10. The molecule has 5 aromatic carbocycles. The maximum Gasteiger partial charge on any atom is 0.145 e. The number of hydrogen-bond acceptors (Lipinski definition) is 3. The minimum Gasteiger partial charge on any atom is -0.294 e. The lowest BCUT2D eigenvalue weighted by molar-refractivity contribution is 1.13. The highest BCUT2D eigenvalue weighted by Gasteiger charge is 2.16. The van der Waals surface area contributed by atoms with Crippen molar-refractivity contribution in [3.63, 3.8) is 0 Å². The largest absolute Gasteiger partial charge is 0.294 e. The summed E-state index contributed by atoms with van der Waals surface area (Å²) in [5.74, 6) is 0. The number of hydrogen-bond donors (Lipinski definition) is 0. The number of fused-ring (bicyclic) bond motifs is 5. The van der Waals surface area contributed by atoms with Crippen molar-refractivity contribution in [2.45, 2.75) is 0 Å². The van der Waals surface area contributed by atoms with Crippen LogP contribution >= 0.6 is 0 Å². The molecule has 0 aliphatic rings. The lowest BCUT2D eigenvalue weighted by Crippen LogP contribution is -1.96. The molecule has 4 nitrogen and oxygen atoms in total. The molecule has 0 fully saturated rings. The molecular formula is C41H26N4. The van der Waals surface area contributed by atoms with Crippen molar-refractivity contribution >= 4 is 43.5 Å². The van der Waals surface area contributed by atoms with E-state index >= 15 is 0 Å². The Bertz CT molecular complexity index is 2420. The number of nitrogens with zero attached hydrogens (tertiary/aromatic N) is 4. The van der Waals surface area contributed by atoms with Crippen molar-refractivity contribution in [2.24, 2.45) is 0 Å². The van der Waals surface area contributed by atoms with Crippen molar-refractivity contribution in [1.29, 1.82) is 0 Å². The number of rotatable bonds is 4. The summed E-state index contributed by atoms with van der Waals surface area (Å²) >= 11 is 0. The van der Waals surface area contributed by atoms with Gasteiger partial charge in [0.25, 0.3) is 0 Å². The van der Waals surface area contributed by atoms with Gasteiger partial charge in [-0.25, -0.2) is 9.97 Å². The standard InChI is InChI=1S/C41H26N4/c1-3-12-32-28(10-1)24-29-11-2-4-13-33(29)40(32)30-25-37(44-38(26-30)36-16-7-8-22-42-36)27-18-20-31(21-19-27)45-39-17-6-5-14-34(39)35-15-9-23-43-41(35)45/h1-26H. The Morgan fingerprint density at radius 3 is 1.82 bits per heavy atom. The Kier molecular flexibility index (Phi) is 5.78. The zero-order valence-electron chi connectivity index (χ0n) is 24.3. The lowest BCUT2D eigenvalue weighted by atomic mass is 9.91. The first-order valence-electron chi connectivity index (χ1n) is 15.1. The van der Waals surface area contributed by atoms with Crippen LogP contribution < -0.4 is 0 Å². The second-order valence-electron chi connectivity index (χ2n) is 11.3. The molecule has 0 saturated carbocycles. The van der Waals surface area contributed by atoms with Crippen molar-refractivity contribution in [2.75, 3.05) is 0 Å². The molecule has 210 valence electrons. The Morgan fingerprint density at radius 2 is 1.07 bits per heavy atom. The van der Waals surface area contributed by atoms with Gasteiger partial charge in [-0.05, 0) is 93.3 Å². The summed E-state index contributed by atoms with van der Waals surface area (Å²) < 4.78 is 2.24. The number of pyridine rings is 3. The van der Waals surface area contributed by atoms with Crippen molar-refractivity contribution in [3.05, 3.63) is 158 Å². The Hall–Kier alpha value is -6.13. The maximum atomic E-state index is 5.17. The molecule has 4 heterocycles. The van der Waals surface area contributed by atoms with E-state index in [1.807, 2.05) is 36.7 Å². The number of aromatic nitrogens is 4. The first kappa shape index (κ1) is 25.4. The lowest BCUT2D eigenvalue weighted by Gasteiger charge is -2.15. The second kappa shape index (κ2) is 10.2. The summed E-state index contributed by atoms with van der Waals surface area (Å²) in [6.45, 7) is 0. The molecule has 0 aliphatic carbocycles. The molecule has 0 saturated heterocycles.